The zero-order chi connectivity index (χ0) is 18.3. The van der Waals surface area contributed by atoms with Gasteiger partial charge >= 0.3 is 5.97 Å². The summed E-state index contributed by atoms with van der Waals surface area (Å²) in [5.74, 6) is -0.649. The van der Waals surface area contributed by atoms with Crippen molar-refractivity contribution in [3.8, 4) is 6.07 Å². The van der Waals surface area contributed by atoms with Gasteiger partial charge in [-0.05, 0) is 32.1 Å². The van der Waals surface area contributed by atoms with Crippen molar-refractivity contribution in [2.75, 3.05) is 20.7 Å². The summed E-state index contributed by atoms with van der Waals surface area (Å²) in [7, 11) is 3.74. The summed E-state index contributed by atoms with van der Waals surface area (Å²) in [6.45, 7) is 2.11. The maximum Gasteiger partial charge on any atom is 0.306 e. The molecule has 0 saturated heterocycles. The average Bonchev–Trinajstić information content (AvgIpc) is 2.63. The Hall–Kier alpha value is -2.64. The van der Waals surface area contributed by atoms with Gasteiger partial charge in [0.15, 0.2) is 0 Å². The molecule has 0 radical (unpaired) electrons. The van der Waals surface area contributed by atoms with Gasteiger partial charge in [-0.2, -0.15) is 5.26 Å². The van der Waals surface area contributed by atoms with E-state index in [2.05, 4.69) is 6.07 Å². The second-order valence-corrected chi connectivity index (χ2v) is 6.11. The van der Waals surface area contributed by atoms with E-state index in [1.165, 1.54) is 0 Å². The monoisotopic (exact) mass is 336 g/mol. The molecule has 0 aliphatic heterocycles. The number of hydrogen-bond donors (Lipinski definition) is 0. The van der Waals surface area contributed by atoms with Gasteiger partial charge in [0.1, 0.15) is 5.54 Å². The molecule has 0 heterocycles. The number of esters is 1. The molecule has 0 fully saturated rings. The molecule has 0 aromatic heterocycles. The van der Waals surface area contributed by atoms with Gasteiger partial charge in [0.05, 0.1) is 19.1 Å². The molecule has 0 amide bonds. The molecule has 0 N–H and O–H groups in total. The van der Waals surface area contributed by atoms with Crippen molar-refractivity contribution in [2.24, 2.45) is 0 Å². The summed E-state index contributed by atoms with van der Waals surface area (Å²) in [6.07, 6.45) is 0.137. The minimum Gasteiger partial charge on any atom is -0.466 e. The molecule has 4 nitrogen and oxygen atoms in total. The summed E-state index contributed by atoms with van der Waals surface area (Å²) >= 11 is 0. The molecule has 0 bridgehead atoms. The first-order valence-electron chi connectivity index (χ1n) is 8.41. The van der Waals surface area contributed by atoms with Crippen LogP contribution in [-0.2, 0) is 15.1 Å². The fourth-order valence-electron chi connectivity index (χ4n) is 3.28. The van der Waals surface area contributed by atoms with Crippen LogP contribution in [0.25, 0.3) is 0 Å². The highest BCUT2D eigenvalue weighted by molar-refractivity contribution is 5.71. The van der Waals surface area contributed by atoms with E-state index >= 15 is 0 Å². The van der Waals surface area contributed by atoms with Crippen molar-refractivity contribution in [1.29, 1.82) is 5.26 Å². The van der Waals surface area contributed by atoms with E-state index in [-0.39, 0.29) is 18.3 Å². The van der Waals surface area contributed by atoms with Crippen molar-refractivity contribution in [3.63, 3.8) is 0 Å². The molecule has 2 atom stereocenters. The molecule has 4 heteroatoms. The van der Waals surface area contributed by atoms with E-state index in [1.807, 2.05) is 79.7 Å². The number of benzene rings is 2. The molecule has 0 aliphatic carbocycles. The van der Waals surface area contributed by atoms with Crippen molar-refractivity contribution in [2.45, 2.75) is 24.8 Å². The highest BCUT2D eigenvalue weighted by atomic mass is 16.5. The van der Waals surface area contributed by atoms with Crippen molar-refractivity contribution in [1.82, 2.24) is 4.90 Å². The van der Waals surface area contributed by atoms with E-state index in [0.717, 1.165) is 11.1 Å². The predicted octanol–water partition coefficient (Wildman–Crippen LogP) is 3.70. The summed E-state index contributed by atoms with van der Waals surface area (Å²) in [5, 5.41) is 10.2. The number of likely N-dealkylation sites (N-methyl/N-ethyl adjacent to an activating group) is 1. The first kappa shape index (κ1) is 18.7. The van der Waals surface area contributed by atoms with Gasteiger partial charge < -0.3 is 4.74 Å². The third-order valence-corrected chi connectivity index (χ3v) is 4.47. The van der Waals surface area contributed by atoms with Crippen molar-refractivity contribution < 1.29 is 9.53 Å². The minimum absolute atomic E-state index is 0.137. The van der Waals surface area contributed by atoms with Gasteiger partial charge in [-0.1, -0.05) is 60.7 Å². The Morgan fingerprint density at radius 1 is 1.12 bits per heavy atom. The van der Waals surface area contributed by atoms with Gasteiger partial charge in [-0.25, -0.2) is 0 Å². The molecule has 0 spiro atoms. The number of rotatable bonds is 7. The van der Waals surface area contributed by atoms with Gasteiger partial charge in [0.25, 0.3) is 0 Å². The second kappa shape index (κ2) is 8.46. The Bertz CT molecular complexity index is 723. The first-order chi connectivity index (χ1) is 12.1. The molecule has 2 rings (SSSR count). The Kier molecular flexibility index (Phi) is 6.32. The van der Waals surface area contributed by atoms with Crippen LogP contribution in [0.4, 0.5) is 0 Å². The summed E-state index contributed by atoms with van der Waals surface area (Å²) in [4.78, 5) is 14.2. The van der Waals surface area contributed by atoms with Crippen LogP contribution in [0.2, 0.25) is 0 Å². The van der Waals surface area contributed by atoms with Gasteiger partial charge in [-0.3, -0.25) is 9.69 Å². The van der Waals surface area contributed by atoms with Crippen LogP contribution < -0.4 is 0 Å². The van der Waals surface area contributed by atoms with Crippen LogP contribution >= 0.6 is 0 Å². The van der Waals surface area contributed by atoms with E-state index in [4.69, 9.17) is 4.74 Å². The lowest BCUT2D eigenvalue weighted by molar-refractivity contribution is -0.144. The van der Waals surface area contributed by atoms with E-state index in [9.17, 15) is 10.1 Å². The minimum atomic E-state index is -0.977. The van der Waals surface area contributed by atoms with Crippen LogP contribution in [-0.4, -0.2) is 31.6 Å². The zero-order valence-electron chi connectivity index (χ0n) is 15.0. The Labute approximate surface area is 149 Å². The van der Waals surface area contributed by atoms with Gasteiger partial charge in [-0.15, -0.1) is 0 Å². The highest BCUT2D eigenvalue weighted by Crippen LogP contribution is 2.42. The van der Waals surface area contributed by atoms with Gasteiger partial charge in [0.2, 0.25) is 0 Å². The Morgan fingerprint density at radius 3 is 2.16 bits per heavy atom. The zero-order valence-corrected chi connectivity index (χ0v) is 15.0. The van der Waals surface area contributed by atoms with Crippen LogP contribution in [0, 0.1) is 11.3 Å². The molecular formula is C21H24N2O2. The van der Waals surface area contributed by atoms with E-state index in [1.54, 1.807) is 6.92 Å². The number of ether oxygens (including phenoxy) is 1. The Balaban J connectivity index is 2.61. The summed E-state index contributed by atoms with van der Waals surface area (Å²) in [5.41, 5.74) is 0.824. The standard InChI is InChI=1S/C21H24N2O2/c1-4-25-20(24)15-19(17-11-7-5-8-12-17)21(16-22,23(2)3)18-13-9-6-10-14-18/h5-14,19H,4,15H2,1-3H3/t19-,21-/m0/s1. The fraction of sp³-hybridized carbons (Fsp3) is 0.333. The van der Waals surface area contributed by atoms with Crippen LogP contribution in [0.3, 0.4) is 0 Å². The molecule has 130 valence electrons. The number of nitriles is 1. The molecule has 0 aliphatic rings. The number of nitrogens with zero attached hydrogens (tertiary/aromatic N) is 2. The van der Waals surface area contributed by atoms with Crippen LogP contribution in [0.1, 0.15) is 30.4 Å². The average molecular weight is 336 g/mol. The van der Waals surface area contributed by atoms with Crippen LogP contribution in [0.5, 0.6) is 0 Å². The van der Waals surface area contributed by atoms with Gasteiger partial charge in [0, 0.05) is 5.92 Å². The molecular weight excluding hydrogens is 312 g/mol. The molecule has 0 unspecified atom stereocenters. The lowest BCUT2D eigenvalue weighted by Gasteiger charge is -2.40. The lowest BCUT2D eigenvalue weighted by Crippen LogP contribution is -2.46. The molecule has 25 heavy (non-hydrogen) atoms. The van der Waals surface area contributed by atoms with E-state index < -0.39 is 5.54 Å². The van der Waals surface area contributed by atoms with Crippen LogP contribution in [0.15, 0.2) is 60.7 Å². The number of carbonyl (C=O) groups is 1. The van der Waals surface area contributed by atoms with Crippen molar-refractivity contribution >= 4 is 5.97 Å². The largest absolute Gasteiger partial charge is 0.466 e. The van der Waals surface area contributed by atoms with Crippen molar-refractivity contribution in [3.05, 3.63) is 71.8 Å². The SMILES string of the molecule is CCOC(=O)C[C@@H](c1ccccc1)[C@](C#N)(c1ccccc1)N(C)C. The quantitative estimate of drug-likeness (QED) is 0.723. The normalized spacial score (nSPS) is 14.4. The molecule has 2 aromatic rings. The number of hydrogen-bond acceptors (Lipinski definition) is 4. The molecule has 2 aromatic carbocycles. The number of carbonyl (C=O) groups excluding carboxylic acids is 1. The maximum atomic E-state index is 12.3. The fourth-order valence-corrected chi connectivity index (χ4v) is 3.28. The third-order valence-electron chi connectivity index (χ3n) is 4.47. The lowest BCUT2D eigenvalue weighted by atomic mass is 9.73. The summed E-state index contributed by atoms with van der Waals surface area (Å²) in [6, 6.07) is 21.8. The highest BCUT2D eigenvalue weighted by Gasteiger charge is 2.45. The smallest absolute Gasteiger partial charge is 0.306 e. The van der Waals surface area contributed by atoms with E-state index in [0.29, 0.717) is 6.61 Å². The molecule has 0 saturated carbocycles. The maximum absolute atomic E-state index is 12.3. The first-order valence-corrected chi connectivity index (χ1v) is 8.41. The second-order valence-electron chi connectivity index (χ2n) is 6.11. The Morgan fingerprint density at radius 2 is 1.68 bits per heavy atom. The predicted molar refractivity (Wildman–Crippen MR) is 97.9 cm³/mol. The third kappa shape index (κ3) is 3.89. The topological polar surface area (TPSA) is 53.3 Å². The summed E-state index contributed by atoms with van der Waals surface area (Å²) < 4.78 is 5.18.